The number of hydrogen-bond acceptors (Lipinski definition) is 5. The highest BCUT2D eigenvalue weighted by Gasteiger charge is 2.32. The van der Waals surface area contributed by atoms with Crippen LogP contribution in [-0.2, 0) is 22.4 Å². The summed E-state index contributed by atoms with van der Waals surface area (Å²) in [5.74, 6) is -1.60. The monoisotopic (exact) mass is 416 g/mol. The van der Waals surface area contributed by atoms with Gasteiger partial charge in [-0.2, -0.15) is 0 Å². The van der Waals surface area contributed by atoms with Gasteiger partial charge in [-0.05, 0) is 35.4 Å². The number of aromatic nitrogens is 1. The van der Waals surface area contributed by atoms with Crippen molar-refractivity contribution < 1.29 is 18.7 Å². The number of carbonyl (C=O) groups excluding carboxylic acids is 2. The van der Waals surface area contributed by atoms with Crippen molar-refractivity contribution in [2.75, 3.05) is 5.32 Å². The summed E-state index contributed by atoms with van der Waals surface area (Å²) in [5.41, 5.74) is 1.70. The molecule has 3 aromatic rings. The Bertz CT molecular complexity index is 1070. The van der Waals surface area contributed by atoms with Crippen molar-refractivity contribution in [3.05, 3.63) is 81.1 Å². The summed E-state index contributed by atoms with van der Waals surface area (Å²) < 4.78 is 18.6. The summed E-state index contributed by atoms with van der Waals surface area (Å²) in [5, 5.41) is 3.73. The van der Waals surface area contributed by atoms with Crippen LogP contribution in [0.25, 0.3) is 0 Å². The Morgan fingerprint density at radius 1 is 1.32 bits per heavy atom. The first kappa shape index (κ1) is 18.6. The number of hydrogen-bond donors (Lipinski definition) is 1. The lowest BCUT2D eigenvalue weighted by Gasteiger charge is -2.23. The number of carbonyl (C=O) groups is 2. The van der Waals surface area contributed by atoms with Gasteiger partial charge in [0.05, 0.1) is 5.56 Å². The Labute approximate surface area is 169 Å². The van der Waals surface area contributed by atoms with Crippen molar-refractivity contribution in [1.29, 1.82) is 0 Å². The number of amides is 1. The fourth-order valence-electron chi connectivity index (χ4n) is 2.97. The van der Waals surface area contributed by atoms with Gasteiger partial charge in [-0.25, -0.2) is 14.2 Å². The molecule has 1 unspecified atom stereocenters. The first-order valence-electron chi connectivity index (χ1n) is 8.48. The highest BCUT2D eigenvalue weighted by atomic mass is 35.5. The van der Waals surface area contributed by atoms with Crippen LogP contribution in [-0.4, -0.2) is 23.0 Å². The minimum absolute atomic E-state index is 0.114. The molecule has 0 radical (unpaired) electrons. The third kappa shape index (κ3) is 3.90. The minimum atomic E-state index is -1.03. The normalized spacial score (nSPS) is 15.6. The molecule has 28 heavy (non-hydrogen) atoms. The van der Waals surface area contributed by atoms with Crippen LogP contribution in [0.15, 0.2) is 48.7 Å². The van der Waals surface area contributed by atoms with E-state index in [1.807, 2.05) is 24.3 Å². The summed E-state index contributed by atoms with van der Waals surface area (Å²) in [7, 11) is 0. The molecule has 0 spiro atoms. The van der Waals surface area contributed by atoms with Crippen LogP contribution in [0.3, 0.4) is 0 Å². The van der Waals surface area contributed by atoms with Crippen LogP contribution in [0.1, 0.15) is 26.4 Å². The number of cyclic esters (lactones) is 1. The summed E-state index contributed by atoms with van der Waals surface area (Å²) in [4.78, 5) is 29.7. The standard InChI is InChI=1S/C20H14ClFN2O3S/c21-16-4-2-1-3-11(16)8-14-10-23-20(28-14)24-18(25)17-9-12-7-13(22)5-6-15(12)19(26)27-17/h1-7,10,17H,8-9H2,(H,23,24,25). The lowest BCUT2D eigenvalue weighted by Crippen LogP contribution is -2.38. The molecule has 0 fully saturated rings. The number of rotatable bonds is 4. The number of anilines is 1. The largest absolute Gasteiger partial charge is 0.448 e. The first-order valence-corrected chi connectivity index (χ1v) is 9.67. The van der Waals surface area contributed by atoms with Crippen molar-refractivity contribution in [3.63, 3.8) is 0 Å². The molecule has 1 atom stereocenters. The van der Waals surface area contributed by atoms with Gasteiger partial charge in [0.25, 0.3) is 5.91 Å². The summed E-state index contributed by atoms with van der Waals surface area (Å²) in [6.45, 7) is 0. The molecule has 1 aliphatic heterocycles. The molecule has 1 aliphatic rings. The Hall–Kier alpha value is -2.77. The van der Waals surface area contributed by atoms with Crippen LogP contribution in [0, 0.1) is 5.82 Å². The number of benzene rings is 2. The molecule has 1 amide bonds. The Morgan fingerprint density at radius 3 is 2.96 bits per heavy atom. The van der Waals surface area contributed by atoms with Crippen LogP contribution >= 0.6 is 22.9 Å². The third-order valence-electron chi connectivity index (χ3n) is 4.34. The minimum Gasteiger partial charge on any atom is -0.448 e. The Balaban J connectivity index is 1.44. The van der Waals surface area contributed by atoms with Gasteiger partial charge >= 0.3 is 5.97 Å². The number of esters is 1. The van der Waals surface area contributed by atoms with E-state index in [-0.39, 0.29) is 12.0 Å². The van der Waals surface area contributed by atoms with Crippen molar-refractivity contribution in [2.45, 2.75) is 18.9 Å². The fourth-order valence-corrected chi connectivity index (χ4v) is 4.01. The van der Waals surface area contributed by atoms with Crippen molar-refractivity contribution in [1.82, 2.24) is 4.98 Å². The van der Waals surface area contributed by atoms with E-state index in [2.05, 4.69) is 10.3 Å². The Kier molecular flexibility index (Phi) is 5.11. The molecule has 8 heteroatoms. The number of nitrogens with one attached hydrogen (secondary N) is 1. The van der Waals surface area contributed by atoms with E-state index in [9.17, 15) is 14.0 Å². The topological polar surface area (TPSA) is 68.3 Å². The molecule has 0 bridgehead atoms. The van der Waals surface area contributed by atoms with Gasteiger partial charge in [0.15, 0.2) is 11.2 Å². The average Bonchev–Trinajstić information content (AvgIpc) is 3.10. The highest BCUT2D eigenvalue weighted by molar-refractivity contribution is 7.15. The molecule has 5 nitrogen and oxygen atoms in total. The summed E-state index contributed by atoms with van der Waals surface area (Å²) >= 11 is 7.49. The van der Waals surface area contributed by atoms with E-state index in [0.717, 1.165) is 10.4 Å². The molecule has 2 heterocycles. The lowest BCUT2D eigenvalue weighted by molar-refractivity contribution is -0.125. The molecule has 1 aromatic heterocycles. The number of thiazole rings is 1. The van der Waals surface area contributed by atoms with Crippen LogP contribution < -0.4 is 5.32 Å². The maximum atomic E-state index is 13.4. The number of halogens is 2. The van der Waals surface area contributed by atoms with Gasteiger partial charge in [0.1, 0.15) is 5.82 Å². The van der Waals surface area contributed by atoms with Gasteiger partial charge in [-0.1, -0.05) is 29.8 Å². The van der Waals surface area contributed by atoms with Gasteiger partial charge < -0.3 is 4.74 Å². The molecular formula is C20H14ClFN2O3S. The van der Waals surface area contributed by atoms with Gasteiger partial charge in [-0.3, -0.25) is 10.1 Å². The van der Waals surface area contributed by atoms with Crippen LogP contribution in [0.5, 0.6) is 0 Å². The maximum absolute atomic E-state index is 13.4. The van der Waals surface area contributed by atoms with Gasteiger partial charge in [0.2, 0.25) is 0 Å². The van der Waals surface area contributed by atoms with E-state index in [4.69, 9.17) is 16.3 Å². The predicted molar refractivity (Wildman–Crippen MR) is 104 cm³/mol. The van der Waals surface area contributed by atoms with Crippen LogP contribution in [0.4, 0.5) is 9.52 Å². The molecule has 0 saturated heterocycles. The predicted octanol–water partition coefficient (Wildman–Crippen LogP) is 4.25. The summed E-state index contributed by atoms with van der Waals surface area (Å²) in [6.07, 6.45) is 1.35. The number of fused-ring (bicyclic) bond motifs is 1. The number of ether oxygens (including phenoxy) is 1. The molecule has 0 saturated carbocycles. The fraction of sp³-hybridized carbons (Fsp3) is 0.150. The second-order valence-corrected chi connectivity index (χ2v) is 7.81. The zero-order valence-corrected chi connectivity index (χ0v) is 16.0. The van der Waals surface area contributed by atoms with Crippen molar-refractivity contribution >= 4 is 39.9 Å². The smallest absolute Gasteiger partial charge is 0.339 e. The quantitative estimate of drug-likeness (QED) is 0.646. The van der Waals surface area contributed by atoms with Gasteiger partial charge in [-0.15, -0.1) is 11.3 Å². The van der Waals surface area contributed by atoms with Crippen molar-refractivity contribution in [3.8, 4) is 0 Å². The third-order valence-corrected chi connectivity index (χ3v) is 5.62. The molecule has 1 N–H and O–H groups in total. The second kappa shape index (κ2) is 7.69. The molecule has 142 valence electrons. The summed E-state index contributed by atoms with van der Waals surface area (Å²) in [6, 6.07) is 11.3. The Morgan fingerprint density at radius 2 is 2.14 bits per heavy atom. The second-order valence-electron chi connectivity index (χ2n) is 6.29. The molecular weight excluding hydrogens is 403 g/mol. The van der Waals surface area contributed by atoms with E-state index >= 15 is 0 Å². The molecule has 2 aromatic carbocycles. The van der Waals surface area contributed by atoms with Crippen LogP contribution in [0.2, 0.25) is 5.02 Å². The highest BCUT2D eigenvalue weighted by Crippen LogP contribution is 2.26. The molecule has 0 aliphatic carbocycles. The zero-order valence-electron chi connectivity index (χ0n) is 14.4. The van der Waals surface area contributed by atoms with E-state index in [1.54, 1.807) is 6.20 Å². The van der Waals surface area contributed by atoms with Gasteiger partial charge in [0, 0.05) is 28.9 Å². The van der Waals surface area contributed by atoms with Crippen molar-refractivity contribution in [2.24, 2.45) is 0 Å². The lowest BCUT2D eigenvalue weighted by atomic mass is 9.98. The SMILES string of the molecule is O=C1OC(C(=O)Nc2ncc(Cc3ccccc3Cl)s2)Cc2cc(F)ccc21. The first-order chi connectivity index (χ1) is 13.5. The van der Waals surface area contributed by atoms with E-state index in [0.29, 0.717) is 22.1 Å². The zero-order chi connectivity index (χ0) is 19.7. The number of nitrogens with zero attached hydrogens (tertiary/aromatic N) is 1. The molecule has 4 rings (SSSR count). The average molecular weight is 417 g/mol. The van der Waals surface area contributed by atoms with E-state index in [1.165, 1.54) is 29.5 Å². The van der Waals surface area contributed by atoms with E-state index < -0.39 is 23.8 Å². The maximum Gasteiger partial charge on any atom is 0.339 e.